The molecule has 1 aliphatic rings. The third-order valence-corrected chi connectivity index (χ3v) is 4.82. The van der Waals surface area contributed by atoms with E-state index >= 15 is 0 Å². The third kappa shape index (κ3) is 3.97. The molecule has 24 heavy (non-hydrogen) atoms. The highest BCUT2D eigenvalue weighted by Crippen LogP contribution is 2.30. The Hall–Kier alpha value is -1.85. The van der Waals surface area contributed by atoms with E-state index in [2.05, 4.69) is 44.2 Å². The van der Waals surface area contributed by atoms with Gasteiger partial charge in [-0.25, -0.2) is 0 Å². The van der Waals surface area contributed by atoms with Gasteiger partial charge in [-0.15, -0.1) is 0 Å². The van der Waals surface area contributed by atoms with Crippen LogP contribution in [0.1, 0.15) is 15.9 Å². The summed E-state index contributed by atoms with van der Waals surface area (Å²) in [6, 6.07) is 13.7. The molecule has 0 radical (unpaired) electrons. The van der Waals surface area contributed by atoms with Crippen molar-refractivity contribution in [1.82, 2.24) is 4.90 Å². The van der Waals surface area contributed by atoms with Gasteiger partial charge < -0.3 is 15.1 Å². The Kier molecular flexibility index (Phi) is 5.21. The van der Waals surface area contributed by atoms with Crippen molar-refractivity contribution in [2.45, 2.75) is 6.92 Å². The van der Waals surface area contributed by atoms with Crippen molar-refractivity contribution >= 4 is 33.2 Å². The van der Waals surface area contributed by atoms with Crippen LogP contribution in [0.5, 0.6) is 0 Å². The number of hydrogen-bond acceptors (Lipinski definition) is 3. The standard InChI is InChI=1S/C19H22BrN3O/c1-14-4-3-5-15(12-14)19(24)21-17-13-16(20)6-7-18(17)23-10-8-22(2)9-11-23/h3-7,12-13H,8-11H2,1-2H3,(H,21,24). The van der Waals surface area contributed by atoms with Crippen LogP contribution in [0.3, 0.4) is 0 Å². The van der Waals surface area contributed by atoms with E-state index in [1.165, 1.54) is 0 Å². The van der Waals surface area contributed by atoms with Gasteiger partial charge in [-0.05, 0) is 44.3 Å². The number of amides is 1. The van der Waals surface area contributed by atoms with Gasteiger partial charge in [0.2, 0.25) is 0 Å². The van der Waals surface area contributed by atoms with Gasteiger partial charge in [0.05, 0.1) is 11.4 Å². The van der Waals surface area contributed by atoms with E-state index in [0.29, 0.717) is 5.56 Å². The molecule has 5 heteroatoms. The molecule has 1 aliphatic heterocycles. The lowest BCUT2D eigenvalue weighted by atomic mass is 10.1. The van der Waals surface area contributed by atoms with E-state index in [0.717, 1.165) is 47.6 Å². The first-order valence-corrected chi connectivity index (χ1v) is 8.93. The van der Waals surface area contributed by atoms with Crippen molar-refractivity contribution in [1.29, 1.82) is 0 Å². The molecule has 1 heterocycles. The number of benzene rings is 2. The number of nitrogens with one attached hydrogen (secondary N) is 1. The predicted molar refractivity (Wildman–Crippen MR) is 103 cm³/mol. The minimum Gasteiger partial charge on any atom is -0.367 e. The zero-order valence-electron chi connectivity index (χ0n) is 14.1. The first-order valence-electron chi connectivity index (χ1n) is 8.14. The highest BCUT2D eigenvalue weighted by molar-refractivity contribution is 9.10. The summed E-state index contributed by atoms with van der Waals surface area (Å²) in [6.45, 7) is 5.98. The Morgan fingerprint density at radius 1 is 1.08 bits per heavy atom. The molecular formula is C19H22BrN3O. The largest absolute Gasteiger partial charge is 0.367 e. The SMILES string of the molecule is Cc1cccc(C(=O)Nc2cc(Br)ccc2N2CCN(C)CC2)c1. The number of carbonyl (C=O) groups excluding carboxylic acids is 1. The van der Waals surface area contributed by atoms with E-state index in [1.807, 2.05) is 43.3 Å². The van der Waals surface area contributed by atoms with Crippen LogP contribution < -0.4 is 10.2 Å². The van der Waals surface area contributed by atoms with Crippen LogP contribution in [0, 0.1) is 6.92 Å². The molecule has 1 amide bonds. The van der Waals surface area contributed by atoms with Gasteiger partial charge in [-0.3, -0.25) is 4.79 Å². The van der Waals surface area contributed by atoms with Crippen LogP contribution in [0.4, 0.5) is 11.4 Å². The quantitative estimate of drug-likeness (QED) is 0.870. The maximum Gasteiger partial charge on any atom is 0.255 e. The van der Waals surface area contributed by atoms with Crippen molar-refractivity contribution in [3.8, 4) is 0 Å². The summed E-state index contributed by atoms with van der Waals surface area (Å²) in [5, 5.41) is 3.08. The smallest absolute Gasteiger partial charge is 0.255 e. The summed E-state index contributed by atoms with van der Waals surface area (Å²) in [6.07, 6.45) is 0. The number of likely N-dealkylation sites (N-methyl/N-ethyl adjacent to an activating group) is 1. The van der Waals surface area contributed by atoms with E-state index in [-0.39, 0.29) is 5.91 Å². The number of hydrogen-bond donors (Lipinski definition) is 1. The normalized spacial score (nSPS) is 15.4. The summed E-state index contributed by atoms with van der Waals surface area (Å²) in [7, 11) is 2.14. The monoisotopic (exact) mass is 387 g/mol. The fourth-order valence-corrected chi connectivity index (χ4v) is 3.27. The number of halogens is 1. The van der Waals surface area contributed by atoms with Crippen molar-refractivity contribution in [2.75, 3.05) is 43.4 Å². The van der Waals surface area contributed by atoms with E-state index < -0.39 is 0 Å². The summed E-state index contributed by atoms with van der Waals surface area (Å²) in [4.78, 5) is 17.3. The Morgan fingerprint density at radius 3 is 2.54 bits per heavy atom. The van der Waals surface area contributed by atoms with Crippen molar-refractivity contribution in [3.05, 3.63) is 58.1 Å². The molecule has 0 aliphatic carbocycles. The fourth-order valence-electron chi connectivity index (χ4n) is 2.91. The number of piperazine rings is 1. The molecule has 0 saturated carbocycles. The number of carbonyl (C=O) groups is 1. The molecule has 4 nitrogen and oxygen atoms in total. The lowest BCUT2D eigenvalue weighted by molar-refractivity contribution is 0.102. The van der Waals surface area contributed by atoms with E-state index in [1.54, 1.807) is 0 Å². The lowest BCUT2D eigenvalue weighted by Gasteiger charge is -2.35. The van der Waals surface area contributed by atoms with Gasteiger partial charge in [0.25, 0.3) is 5.91 Å². The summed E-state index contributed by atoms with van der Waals surface area (Å²) < 4.78 is 0.958. The van der Waals surface area contributed by atoms with Crippen molar-refractivity contribution in [3.63, 3.8) is 0 Å². The minimum atomic E-state index is -0.0767. The lowest BCUT2D eigenvalue weighted by Crippen LogP contribution is -2.44. The zero-order valence-corrected chi connectivity index (χ0v) is 15.6. The summed E-state index contributed by atoms with van der Waals surface area (Å²) in [5.74, 6) is -0.0767. The first-order chi connectivity index (χ1) is 11.5. The van der Waals surface area contributed by atoms with Gasteiger partial charge >= 0.3 is 0 Å². The van der Waals surface area contributed by atoms with Crippen LogP contribution in [0.25, 0.3) is 0 Å². The number of nitrogens with zero attached hydrogens (tertiary/aromatic N) is 2. The van der Waals surface area contributed by atoms with Gasteiger partial charge in [0.15, 0.2) is 0 Å². The van der Waals surface area contributed by atoms with Gasteiger partial charge in [0, 0.05) is 36.2 Å². The average molecular weight is 388 g/mol. The van der Waals surface area contributed by atoms with Crippen LogP contribution >= 0.6 is 15.9 Å². The summed E-state index contributed by atoms with van der Waals surface area (Å²) >= 11 is 3.51. The molecule has 1 saturated heterocycles. The zero-order chi connectivity index (χ0) is 17.1. The Morgan fingerprint density at radius 2 is 1.83 bits per heavy atom. The van der Waals surface area contributed by atoms with Gasteiger partial charge in [0.1, 0.15) is 0 Å². The van der Waals surface area contributed by atoms with Crippen LogP contribution in [-0.4, -0.2) is 44.0 Å². The first kappa shape index (κ1) is 17.0. The average Bonchev–Trinajstić information content (AvgIpc) is 2.56. The molecule has 2 aromatic rings. The maximum atomic E-state index is 12.6. The summed E-state index contributed by atoms with van der Waals surface area (Å²) in [5.41, 5.74) is 3.68. The molecule has 3 rings (SSSR count). The van der Waals surface area contributed by atoms with E-state index in [9.17, 15) is 4.79 Å². The number of rotatable bonds is 3. The molecule has 0 aromatic heterocycles. The predicted octanol–water partition coefficient (Wildman–Crippen LogP) is 3.76. The molecule has 1 fully saturated rings. The van der Waals surface area contributed by atoms with Crippen LogP contribution in [0.2, 0.25) is 0 Å². The van der Waals surface area contributed by atoms with E-state index in [4.69, 9.17) is 0 Å². The second-order valence-electron chi connectivity index (χ2n) is 6.28. The molecule has 2 aromatic carbocycles. The second-order valence-corrected chi connectivity index (χ2v) is 7.19. The molecule has 0 bridgehead atoms. The minimum absolute atomic E-state index is 0.0767. The molecular weight excluding hydrogens is 366 g/mol. The van der Waals surface area contributed by atoms with Crippen LogP contribution in [-0.2, 0) is 0 Å². The topological polar surface area (TPSA) is 35.6 Å². The molecule has 1 N–H and O–H groups in total. The second kappa shape index (κ2) is 7.36. The third-order valence-electron chi connectivity index (χ3n) is 4.33. The Labute approximate surface area is 151 Å². The van der Waals surface area contributed by atoms with Crippen molar-refractivity contribution < 1.29 is 4.79 Å². The molecule has 0 unspecified atom stereocenters. The van der Waals surface area contributed by atoms with Crippen LogP contribution in [0.15, 0.2) is 46.9 Å². The van der Waals surface area contributed by atoms with Gasteiger partial charge in [-0.1, -0.05) is 33.6 Å². The fraction of sp³-hybridized carbons (Fsp3) is 0.316. The number of aryl methyl sites for hydroxylation is 1. The highest BCUT2D eigenvalue weighted by Gasteiger charge is 2.18. The molecule has 126 valence electrons. The number of anilines is 2. The van der Waals surface area contributed by atoms with Crippen molar-refractivity contribution in [2.24, 2.45) is 0 Å². The highest BCUT2D eigenvalue weighted by atomic mass is 79.9. The maximum absolute atomic E-state index is 12.6. The molecule has 0 spiro atoms. The van der Waals surface area contributed by atoms with Gasteiger partial charge in [-0.2, -0.15) is 0 Å². The molecule has 0 atom stereocenters. The Balaban J connectivity index is 1.84. The Bertz CT molecular complexity index is 739.